The van der Waals surface area contributed by atoms with Gasteiger partial charge in [-0.25, -0.2) is 4.79 Å². The SMILES string of the molecule is CC(C)(C)OC(=O)N1CCC2(C=C(OS(=O)(=O)C(F)(F)F)c3c(OC(F)F)cccc3O2)CC1. The third-order valence-electron chi connectivity index (χ3n) is 4.90. The van der Waals surface area contributed by atoms with Crippen LogP contribution in [0.2, 0.25) is 0 Å². The van der Waals surface area contributed by atoms with Gasteiger partial charge in [-0.05, 0) is 32.9 Å². The number of hydrogen-bond donors (Lipinski definition) is 0. The van der Waals surface area contributed by atoms with E-state index in [0.29, 0.717) is 0 Å². The highest BCUT2D eigenvalue weighted by molar-refractivity contribution is 7.87. The molecule has 14 heteroatoms. The summed E-state index contributed by atoms with van der Waals surface area (Å²) >= 11 is 0. The number of fused-ring (bicyclic) bond motifs is 1. The number of likely N-dealkylation sites (tertiary alicyclic amines) is 1. The molecule has 0 aromatic heterocycles. The first-order valence-electron chi connectivity index (χ1n) is 10.0. The third-order valence-corrected chi connectivity index (χ3v) is 5.87. The van der Waals surface area contributed by atoms with E-state index in [1.807, 2.05) is 0 Å². The van der Waals surface area contributed by atoms with E-state index in [4.69, 9.17) is 9.47 Å². The van der Waals surface area contributed by atoms with Gasteiger partial charge in [0.2, 0.25) is 0 Å². The zero-order valence-electron chi connectivity index (χ0n) is 18.3. The molecule has 1 fully saturated rings. The van der Waals surface area contributed by atoms with Crippen LogP contribution in [0.4, 0.5) is 26.7 Å². The molecule has 1 saturated heterocycles. The average molecular weight is 515 g/mol. The predicted octanol–water partition coefficient (Wildman–Crippen LogP) is 4.66. The summed E-state index contributed by atoms with van der Waals surface area (Å²) < 4.78 is 108. The molecule has 0 radical (unpaired) electrons. The molecule has 2 aliphatic heterocycles. The van der Waals surface area contributed by atoms with Crippen LogP contribution >= 0.6 is 0 Å². The number of amides is 1. The molecule has 0 N–H and O–H groups in total. The topological polar surface area (TPSA) is 91.4 Å². The van der Waals surface area contributed by atoms with E-state index in [1.54, 1.807) is 20.8 Å². The first kappa shape index (κ1) is 25.8. The minimum absolute atomic E-state index is 0.0323. The summed E-state index contributed by atoms with van der Waals surface area (Å²) in [5.74, 6) is -1.70. The molecule has 1 amide bonds. The first-order valence-corrected chi connectivity index (χ1v) is 11.4. The number of benzene rings is 1. The van der Waals surface area contributed by atoms with Gasteiger partial charge in [0.25, 0.3) is 0 Å². The molecule has 2 heterocycles. The fourth-order valence-corrected chi connectivity index (χ4v) is 3.93. The summed E-state index contributed by atoms with van der Waals surface area (Å²) in [5.41, 5.74) is -8.39. The van der Waals surface area contributed by atoms with Crippen molar-refractivity contribution in [2.24, 2.45) is 0 Å². The summed E-state index contributed by atoms with van der Waals surface area (Å²) in [7, 11) is -6.14. The van der Waals surface area contributed by atoms with Gasteiger partial charge in [0.15, 0.2) is 5.76 Å². The van der Waals surface area contributed by atoms with Crippen LogP contribution in [0.25, 0.3) is 5.76 Å². The van der Waals surface area contributed by atoms with Crippen molar-refractivity contribution in [1.29, 1.82) is 0 Å². The van der Waals surface area contributed by atoms with Crippen LogP contribution < -0.4 is 9.47 Å². The Morgan fingerprint density at radius 3 is 2.29 bits per heavy atom. The van der Waals surface area contributed by atoms with Crippen LogP contribution in [-0.4, -0.2) is 55.8 Å². The maximum atomic E-state index is 13.0. The number of rotatable bonds is 4. The van der Waals surface area contributed by atoms with Crippen LogP contribution in [0, 0.1) is 0 Å². The average Bonchev–Trinajstić information content (AvgIpc) is 2.65. The zero-order chi connectivity index (χ0) is 25.5. The molecular weight excluding hydrogens is 493 g/mol. The number of carbonyl (C=O) groups excluding carboxylic acids is 1. The summed E-state index contributed by atoms with van der Waals surface area (Å²) in [6.45, 7) is 1.83. The van der Waals surface area contributed by atoms with Crippen molar-refractivity contribution in [2.45, 2.75) is 56.9 Å². The van der Waals surface area contributed by atoms with E-state index in [1.165, 1.54) is 17.0 Å². The Labute approximate surface area is 192 Å². The summed E-state index contributed by atoms with van der Waals surface area (Å²) in [5, 5.41) is 0. The van der Waals surface area contributed by atoms with E-state index in [9.17, 15) is 35.2 Å². The van der Waals surface area contributed by atoms with Crippen molar-refractivity contribution in [3.63, 3.8) is 0 Å². The van der Waals surface area contributed by atoms with Gasteiger partial charge in [0, 0.05) is 32.0 Å². The van der Waals surface area contributed by atoms with Gasteiger partial charge in [-0.1, -0.05) is 6.07 Å². The second-order valence-corrected chi connectivity index (χ2v) is 10.2. The smallest absolute Gasteiger partial charge is 0.482 e. The van der Waals surface area contributed by atoms with E-state index in [-0.39, 0.29) is 31.7 Å². The second kappa shape index (κ2) is 8.78. The molecule has 34 heavy (non-hydrogen) atoms. The number of hydrogen-bond acceptors (Lipinski definition) is 7. The van der Waals surface area contributed by atoms with Crippen LogP contribution in [0.1, 0.15) is 39.2 Å². The Bertz CT molecular complexity index is 1070. The molecule has 1 aromatic carbocycles. The van der Waals surface area contributed by atoms with Crippen LogP contribution in [0.5, 0.6) is 11.5 Å². The molecule has 0 aliphatic carbocycles. The predicted molar refractivity (Wildman–Crippen MR) is 108 cm³/mol. The number of ether oxygens (including phenoxy) is 3. The lowest BCUT2D eigenvalue weighted by Crippen LogP contribution is -2.50. The largest absolute Gasteiger partial charge is 0.534 e. The van der Waals surface area contributed by atoms with Crippen LogP contribution in [-0.2, 0) is 19.0 Å². The first-order chi connectivity index (χ1) is 15.5. The molecule has 0 bridgehead atoms. The van der Waals surface area contributed by atoms with Crippen molar-refractivity contribution >= 4 is 22.0 Å². The van der Waals surface area contributed by atoms with Crippen LogP contribution in [0.3, 0.4) is 0 Å². The highest BCUT2D eigenvalue weighted by Gasteiger charge is 2.51. The molecule has 0 saturated carbocycles. The van der Waals surface area contributed by atoms with Gasteiger partial charge in [-0.3, -0.25) is 0 Å². The lowest BCUT2D eigenvalue weighted by molar-refractivity contribution is -0.0529. The Hall–Kier alpha value is -2.77. The van der Waals surface area contributed by atoms with Crippen molar-refractivity contribution in [1.82, 2.24) is 4.90 Å². The number of halogens is 5. The van der Waals surface area contributed by atoms with Crippen molar-refractivity contribution in [2.75, 3.05) is 13.1 Å². The maximum Gasteiger partial charge on any atom is 0.534 e. The number of alkyl halides is 5. The molecule has 1 spiro atoms. The van der Waals surface area contributed by atoms with Gasteiger partial charge in [-0.2, -0.15) is 30.4 Å². The molecule has 8 nitrogen and oxygen atoms in total. The minimum Gasteiger partial charge on any atom is -0.482 e. The van der Waals surface area contributed by atoms with Crippen molar-refractivity contribution < 1.29 is 53.6 Å². The molecule has 0 unspecified atom stereocenters. The molecule has 3 rings (SSSR count). The molecule has 0 atom stereocenters. The number of nitrogens with zero attached hydrogens (tertiary/aromatic N) is 1. The summed E-state index contributed by atoms with van der Waals surface area (Å²) in [6.07, 6.45) is 0.449. The quantitative estimate of drug-likeness (QED) is 0.327. The summed E-state index contributed by atoms with van der Waals surface area (Å²) in [4.78, 5) is 13.7. The Kier molecular flexibility index (Phi) is 6.68. The van der Waals surface area contributed by atoms with Gasteiger partial charge < -0.3 is 23.3 Å². The van der Waals surface area contributed by atoms with E-state index in [2.05, 4.69) is 8.92 Å². The molecule has 190 valence electrons. The highest BCUT2D eigenvalue weighted by atomic mass is 32.2. The van der Waals surface area contributed by atoms with Gasteiger partial charge >= 0.3 is 28.3 Å². The molecular formula is C20H22F5NO7S. The standard InChI is InChI=1S/C20H22F5NO7S/c1-18(2,3)32-17(27)26-9-7-19(8-10-26)11-14(33-34(28,29)20(23,24)25)15-12(30-16(21)22)5-4-6-13(15)31-19/h4-6,11,16H,7-10H2,1-3H3. The van der Waals surface area contributed by atoms with Gasteiger partial charge in [0.1, 0.15) is 28.3 Å². The number of carbonyl (C=O) groups is 1. The lowest BCUT2D eigenvalue weighted by atomic mass is 9.87. The van der Waals surface area contributed by atoms with E-state index < -0.39 is 56.6 Å². The normalized spacial score (nSPS) is 18.1. The maximum absolute atomic E-state index is 13.0. The number of piperidine rings is 1. The van der Waals surface area contributed by atoms with Gasteiger partial charge in [0.05, 0.1) is 0 Å². The minimum atomic E-state index is -6.14. The zero-order valence-corrected chi connectivity index (χ0v) is 19.1. The van der Waals surface area contributed by atoms with Crippen molar-refractivity contribution in [3.8, 4) is 11.5 Å². The van der Waals surface area contributed by atoms with E-state index >= 15 is 0 Å². The highest BCUT2D eigenvalue weighted by Crippen LogP contribution is 2.47. The Morgan fingerprint density at radius 1 is 1.15 bits per heavy atom. The Morgan fingerprint density at radius 2 is 1.76 bits per heavy atom. The Balaban J connectivity index is 1.97. The fraction of sp³-hybridized carbons (Fsp3) is 0.550. The molecule has 2 aliphatic rings. The van der Waals surface area contributed by atoms with Crippen LogP contribution in [0.15, 0.2) is 24.3 Å². The monoisotopic (exact) mass is 515 g/mol. The molecule has 1 aromatic rings. The summed E-state index contributed by atoms with van der Waals surface area (Å²) in [6, 6.07) is 3.52. The lowest BCUT2D eigenvalue weighted by Gasteiger charge is -2.42. The third kappa shape index (κ3) is 5.65. The van der Waals surface area contributed by atoms with Gasteiger partial charge in [-0.15, -0.1) is 0 Å². The van der Waals surface area contributed by atoms with Crippen molar-refractivity contribution in [3.05, 3.63) is 29.8 Å². The fourth-order valence-electron chi connectivity index (χ4n) is 3.46. The second-order valence-electron chi connectivity index (χ2n) is 8.63. The van der Waals surface area contributed by atoms with E-state index in [0.717, 1.165) is 12.1 Å².